The number of carbonyl (C=O) groups is 1. The third-order valence-electron chi connectivity index (χ3n) is 2.37. The lowest BCUT2D eigenvalue weighted by Crippen LogP contribution is -2.40. The van der Waals surface area contributed by atoms with Crippen molar-refractivity contribution in [2.24, 2.45) is 11.1 Å². The molecule has 0 aliphatic heterocycles. The van der Waals surface area contributed by atoms with E-state index in [0.717, 1.165) is 5.56 Å². The zero-order valence-electron chi connectivity index (χ0n) is 9.66. The van der Waals surface area contributed by atoms with Gasteiger partial charge in [-0.05, 0) is 12.0 Å². The van der Waals surface area contributed by atoms with Crippen molar-refractivity contribution in [3.8, 4) is 0 Å². The summed E-state index contributed by atoms with van der Waals surface area (Å²) in [5, 5.41) is 0. The molecule has 15 heavy (non-hydrogen) atoms. The van der Waals surface area contributed by atoms with E-state index in [1.165, 1.54) is 0 Å². The first kappa shape index (κ1) is 11.9. The lowest BCUT2D eigenvalue weighted by atomic mass is 9.85. The van der Waals surface area contributed by atoms with Crippen LogP contribution in [0, 0.1) is 5.41 Å². The van der Waals surface area contributed by atoms with Crippen LogP contribution >= 0.6 is 0 Å². The first-order chi connectivity index (χ1) is 6.91. The zero-order chi connectivity index (χ0) is 11.5. The highest BCUT2D eigenvalue weighted by Gasteiger charge is 2.26. The summed E-state index contributed by atoms with van der Waals surface area (Å²) in [6.45, 7) is 5.71. The normalized spacial score (nSPS) is 13.6. The van der Waals surface area contributed by atoms with Gasteiger partial charge in [0.05, 0.1) is 6.04 Å². The van der Waals surface area contributed by atoms with E-state index in [9.17, 15) is 4.79 Å². The summed E-state index contributed by atoms with van der Waals surface area (Å²) in [5.74, 6) is 0.117. The Balaban J connectivity index is 2.65. The van der Waals surface area contributed by atoms with E-state index in [-0.39, 0.29) is 11.2 Å². The van der Waals surface area contributed by atoms with Gasteiger partial charge in [0.2, 0.25) is 0 Å². The summed E-state index contributed by atoms with van der Waals surface area (Å²) in [5.41, 5.74) is 6.65. The second kappa shape index (κ2) is 4.58. The van der Waals surface area contributed by atoms with Gasteiger partial charge in [-0.15, -0.1) is 0 Å². The number of benzene rings is 1. The van der Waals surface area contributed by atoms with Crippen LogP contribution in [0.15, 0.2) is 30.3 Å². The molecule has 2 nitrogen and oxygen atoms in total. The first-order valence-corrected chi connectivity index (χ1v) is 5.25. The average molecular weight is 205 g/mol. The molecule has 0 aliphatic rings. The minimum Gasteiger partial charge on any atom is -0.321 e. The predicted octanol–water partition coefficient (Wildman–Crippen LogP) is 2.17. The topological polar surface area (TPSA) is 43.1 Å². The van der Waals surface area contributed by atoms with Crippen molar-refractivity contribution in [2.75, 3.05) is 0 Å². The quantitative estimate of drug-likeness (QED) is 0.821. The number of hydrogen-bond donors (Lipinski definition) is 1. The van der Waals surface area contributed by atoms with Gasteiger partial charge < -0.3 is 5.73 Å². The number of hydrogen-bond acceptors (Lipinski definition) is 2. The Morgan fingerprint density at radius 2 is 1.80 bits per heavy atom. The van der Waals surface area contributed by atoms with Gasteiger partial charge in [0.15, 0.2) is 5.78 Å². The van der Waals surface area contributed by atoms with Crippen molar-refractivity contribution in [2.45, 2.75) is 33.2 Å². The van der Waals surface area contributed by atoms with Crippen LogP contribution in [0.4, 0.5) is 0 Å². The number of nitrogens with two attached hydrogens (primary N) is 1. The van der Waals surface area contributed by atoms with E-state index >= 15 is 0 Å². The first-order valence-electron chi connectivity index (χ1n) is 5.25. The monoisotopic (exact) mass is 205 g/mol. The number of carbonyl (C=O) groups excluding carboxylic acids is 1. The Morgan fingerprint density at radius 3 is 2.27 bits per heavy atom. The van der Waals surface area contributed by atoms with Crippen LogP contribution in [-0.2, 0) is 11.2 Å². The molecule has 0 radical (unpaired) electrons. The Hall–Kier alpha value is -1.15. The van der Waals surface area contributed by atoms with Gasteiger partial charge in [-0.3, -0.25) is 4.79 Å². The molecule has 2 N–H and O–H groups in total. The molecule has 0 bridgehead atoms. The maximum absolute atomic E-state index is 11.8. The molecule has 82 valence electrons. The van der Waals surface area contributed by atoms with Crippen LogP contribution in [0.2, 0.25) is 0 Å². The van der Waals surface area contributed by atoms with Gasteiger partial charge in [-0.2, -0.15) is 0 Å². The van der Waals surface area contributed by atoms with Crippen LogP contribution in [-0.4, -0.2) is 11.8 Å². The summed E-state index contributed by atoms with van der Waals surface area (Å²) in [6.07, 6.45) is 0.622. The zero-order valence-corrected chi connectivity index (χ0v) is 9.66. The molecule has 0 fully saturated rings. The van der Waals surface area contributed by atoms with Crippen LogP contribution in [0.5, 0.6) is 0 Å². The molecule has 0 aliphatic carbocycles. The maximum atomic E-state index is 11.8. The maximum Gasteiger partial charge on any atom is 0.155 e. The molecule has 1 atom stereocenters. The standard InChI is InChI=1S/C13H19NO/c1-13(2,3)12(15)11(14)9-10-7-5-4-6-8-10/h4-8,11H,9,14H2,1-3H3/t11-/m1/s1. The fraction of sp³-hybridized carbons (Fsp3) is 0.462. The second-order valence-electron chi connectivity index (χ2n) is 4.91. The van der Waals surface area contributed by atoms with Gasteiger partial charge >= 0.3 is 0 Å². The minimum atomic E-state index is -0.396. The molecule has 0 saturated carbocycles. The van der Waals surface area contributed by atoms with Gasteiger partial charge in [0, 0.05) is 5.41 Å². The molecule has 0 aromatic heterocycles. The van der Waals surface area contributed by atoms with Gasteiger partial charge in [0.25, 0.3) is 0 Å². The average Bonchev–Trinajstić information content (AvgIpc) is 2.16. The largest absolute Gasteiger partial charge is 0.321 e. The minimum absolute atomic E-state index is 0.117. The van der Waals surface area contributed by atoms with E-state index in [2.05, 4.69) is 0 Å². The summed E-state index contributed by atoms with van der Waals surface area (Å²) in [7, 11) is 0. The van der Waals surface area contributed by atoms with Gasteiger partial charge in [-0.1, -0.05) is 51.1 Å². The Kier molecular flexibility index (Phi) is 3.64. The third kappa shape index (κ3) is 3.48. The highest BCUT2D eigenvalue weighted by molar-refractivity contribution is 5.88. The van der Waals surface area contributed by atoms with Crippen LogP contribution < -0.4 is 5.73 Å². The lowest BCUT2D eigenvalue weighted by molar-refractivity contribution is -0.127. The fourth-order valence-electron chi connectivity index (χ4n) is 1.52. The Labute approximate surface area is 91.5 Å². The van der Waals surface area contributed by atoms with E-state index in [1.807, 2.05) is 51.1 Å². The molecule has 0 amide bonds. The lowest BCUT2D eigenvalue weighted by Gasteiger charge is -2.21. The summed E-state index contributed by atoms with van der Waals surface area (Å²) in [4.78, 5) is 11.8. The molecule has 1 aromatic rings. The third-order valence-corrected chi connectivity index (χ3v) is 2.37. The summed E-state index contributed by atoms with van der Waals surface area (Å²) >= 11 is 0. The molecule has 0 saturated heterocycles. The van der Waals surface area contributed by atoms with Crippen LogP contribution in [0.1, 0.15) is 26.3 Å². The highest BCUT2D eigenvalue weighted by Crippen LogP contribution is 2.17. The fourth-order valence-corrected chi connectivity index (χ4v) is 1.52. The Bertz CT molecular complexity index is 324. The molecule has 0 spiro atoms. The van der Waals surface area contributed by atoms with Crippen molar-refractivity contribution >= 4 is 5.78 Å². The van der Waals surface area contributed by atoms with Crippen LogP contribution in [0.25, 0.3) is 0 Å². The molecule has 0 unspecified atom stereocenters. The van der Waals surface area contributed by atoms with E-state index in [1.54, 1.807) is 0 Å². The second-order valence-corrected chi connectivity index (χ2v) is 4.91. The summed E-state index contributed by atoms with van der Waals surface area (Å²) in [6, 6.07) is 9.48. The van der Waals surface area contributed by atoms with E-state index in [4.69, 9.17) is 5.73 Å². The smallest absolute Gasteiger partial charge is 0.155 e. The van der Waals surface area contributed by atoms with Gasteiger partial charge in [0.1, 0.15) is 0 Å². The molecular formula is C13H19NO. The summed E-state index contributed by atoms with van der Waals surface area (Å²) < 4.78 is 0. The number of ketones is 1. The van der Waals surface area contributed by atoms with Gasteiger partial charge in [-0.25, -0.2) is 0 Å². The number of Topliss-reactive ketones (excluding diaryl/α,β-unsaturated/α-hetero) is 1. The molecule has 1 rings (SSSR count). The molecule has 1 aromatic carbocycles. The highest BCUT2D eigenvalue weighted by atomic mass is 16.1. The van der Waals surface area contributed by atoms with Crippen molar-refractivity contribution in [3.05, 3.63) is 35.9 Å². The number of rotatable bonds is 3. The van der Waals surface area contributed by atoms with E-state index < -0.39 is 6.04 Å². The molecule has 0 heterocycles. The molecule has 2 heteroatoms. The van der Waals surface area contributed by atoms with Crippen LogP contribution in [0.3, 0.4) is 0 Å². The van der Waals surface area contributed by atoms with E-state index in [0.29, 0.717) is 6.42 Å². The Morgan fingerprint density at radius 1 is 1.27 bits per heavy atom. The predicted molar refractivity (Wildman–Crippen MR) is 62.6 cm³/mol. The van der Waals surface area contributed by atoms with Crippen molar-refractivity contribution in [1.29, 1.82) is 0 Å². The SMILES string of the molecule is CC(C)(C)C(=O)[C@H](N)Cc1ccccc1. The van der Waals surface area contributed by atoms with Crippen molar-refractivity contribution < 1.29 is 4.79 Å². The van der Waals surface area contributed by atoms with Crippen molar-refractivity contribution in [1.82, 2.24) is 0 Å². The molecular weight excluding hydrogens is 186 g/mol. The van der Waals surface area contributed by atoms with Crippen molar-refractivity contribution in [3.63, 3.8) is 0 Å².